The first-order valence-electron chi connectivity index (χ1n) is 9.80. The number of amides is 2. The van der Waals surface area contributed by atoms with E-state index < -0.39 is 0 Å². The highest BCUT2D eigenvalue weighted by atomic mass is 35.5. The van der Waals surface area contributed by atoms with Crippen molar-refractivity contribution in [2.75, 3.05) is 36.8 Å². The van der Waals surface area contributed by atoms with Crippen molar-refractivity contribution in [2.45, 2.75) is 26.4 Å². The van der Waals surface area contributed by atoms with Gasteiger partial charge in [-0.3, -0.25) is 19.4 Å². The SMILES string of the molecule is CC(=O)Nc1ccc(NC(=O)C(C)N2CCN(Cc3cccc(Cl)c3)CC2)cc1. The van der Waals surface area contributed by atoms with Crippen LogP contribution >= 0.6 is 11.6 Å². The lowest BCUT2D eigenvalue weighted by Gasteiger charge is -2.37. The van der Waals surface area contributed by atoms with Crippen molar-refractivity contribution in [1.82, 2.24) is 9.80 Å². The summed E-state index contributed by atoms with van der Waals surface area (Å²) in [6.07, 6.45) is 0. The van der Waals surface area contributed by atoms with E-state index >= 15 is 0 Å². The predicted octanol–water partition coefficient (Wildman–Crippen LogP) is 3.44. The normalized spacial score (nSPS) is 16.2. The van der Waals surface area contributed by atoms with Gasteiger partial charge in [-0.1, -0.05) is 23.7 Å². The lowest BCUT2D eigenvalue weighted by atomic mass is 10.1. The van der Waals surface area contributed by atoms with Gasteiger partial charge >= 0.3 is 0 Å². The van der Waals surface area contributed by atoms with Crippen LogP contribution < -0.4 is 10.6 Å². The summed E-state index contributed by atoms with van der Waals surface area (Å²) >= 11 is 6.07. The van der Waals surface area contributed by atoms with Crippen LogP contribution in [0, 0.1) is 0 Å². The molecule has 1 saturated heterocycles. The molecule has 2 amide bonds. The first kappa shape index (κ1) is 21.3. The van der Waals surface area contributed by atoms with Crippen molar-refractivity contribution < 1.29 is 9.59 Å². The minimum atomic E-state index is -0.210. The van der Waals surface area contributed by atoms with E-state index in [4.69, 9.17) is 11.6 Å². The summed E-state index contributed by atoms with van der Waals surface area (Å²) in [4.78, 5) is 28.3. The van der Waals surface area contributed by atoms with Gasteiger partial charge in [0, 0.05) is 56.0 Å². The van der Waals surface area contributed by atoms with Crippen LogP contribution in [-0.2, 0) is 16.1 Å². The average molecular weight is 415 g/mol. The van der Waals surface area contributed by atoms with E-state index in [1.165, 1.54) is 12.5 Å². The van der Waals surface area contributed by atoms with Crippen molar-refractivity contribution >= 4 is 34.8 Å². The molecule has 0 spiro atoms. The van der Waals surface area contributed by atoms with Gasteiger partial charge in [-0.05, 0) is 48.9 Å². The number of carbonyl (C=O) groups excluding carboxylic acids is 2. The molecule has 1 atom stereocenters. The molecule has 1 unspecified atom stereocenters. The van der Waals surface area contributed by atoms with Gasteiger partial charge in [-0.15, -0.1) is 0 Å². The van der Waals surface area contributed by atoms with Crippen LogP contribution in [0.1, 0.15) is 19.4 Å². The molecule has 29 heavy (non-hydrogen) atoms. The third-order valence-electron chi connectivity index (χ3n) is 5.10. The van der Waals surface area contributed by atoms with Gasteiger partial charge in [0.05, 0.1) is 6.04 Å². The maximum absolute atomic E-state index is 12.6. The molecule has 0 saturated carbocycles. The smallest absolute Gasteiger partial charge is 0.241 e. The monoisotopic (exact) mass is 414 g/mol. The Kier molecular flexibility index (Phi) is 7.25. The fourth-order valence-corrected chi connectivity index (χ4v) is 3.67. The minimum absolute atomic E-state index is 0.0273. The number of benzene rings is 2. The van der Waals surface area contributed by atoms with Crippen LogP contribution in [0.3, 0.4) is 0 Å². The van der Waals surface area contributed by atoms with Crippen LogP contribution in [0.15, 0.2) is 48.5 Å². The summed E-state index contributed by atoms with van der Waals surface area (Å²) in [5.41, 5.74) is 2.63. The largest absolute Gasteiger partial charge is 0.326 e. The zero-order chi connectivity index (χ0) is 20.8. The van der Waals surface area contributed by atoms with Crippen molar-refractivity contribution in [1.29, 1.82) is 0 Å². The topological polar surface area (TPSA) is 64.7 Å². The number of nitrogens with zero attached hydrogens (tertiary/aromatic N) is 2. The summed E-state index contributed by atoms with van der Waals surface area (Å²) in [7, 11) is 0. The highest BCUT2D eigenvalue weighted by molar-refractivity contribution is 6.30. The van der Waals surface area contributed by atoms with Gasteiger partial charge in [0.15, 0.2) is 0 Å². The van der Waals surface area contributed by atoms with Crippen LogP contribution in [-0.4, -0.2) is 53.8 Å². The Morgan fingerprint density at radius 2 is 1.62 bits per heavy atom. The summed E-state index contributed by atoms with van der Waals surface area (Å²) in [5, 5.41) is 6.43. The van der Waals surface area contributed by atoms with E-state index in [0.29, 0.717) is 5.69 Å². The van der Waals surface area contributed by atoms with Gasteiger partial charge < -0.3 is 10.6 Å². The van der Waals surface area contributed by atoms with Crippen molar-refractivity contribution in [3.8, 4) is 0 Å². The number of anilines is 2. The van der Waals surface area contributed by atoms with E-state index in [1.807, 2.05) is 25.1 Å². The Morgan fingerprint density at radius 3 is 2.21 bits per heavy atom. The molecule has 1 aliphatic rings. The third kappa shape index (κ3) is 6.29. The summed E-state index contributed by atoms with van der Waals surface area (Å²) in [6.45, 7) is 7.79. The van der Waals surface area contributed by atoms with Crippen LogP contribution in [0.25, 0.3) is 0 Å². The molecular formula is C22H27ClN4O2. The predicted molar refractivity (Wildman–Crippen MR) is 117 cm³/mol. The zero-order valence-electron chi connectivity index (χ0n) is 16.8. The maximum Gasteiger partial charge on any atom is 0.241 e. The van der Waals surface area contributed by atoms with E-state index in [9.17, 15) is 9.59 Å². The highest BCUT2D eigenvalue weighted by Gasteiger charge is 2.25. The Bertz CT molecular complexity index is 848. The first-order valence-corrected chi connectivity index (χ1v) is 10.2. The Morgan fingerprint density at radius 1 is 1.00 bits per heavy atom. The van der Waals surface area contributed by atoms with Crippen LogP contribution in [0.5, 0.6) is 0 Å². The van der Waals surface area contributed by atoms with E-state index in [1.54, 1.807) is 24.3 Å². The molecule has 7 heteroatoms. The lowest BCUT2D eigenvalue weighted by molar-refractivity contribution is -0.121. The minimum Gasteiger partial charge on any atom is -0.326 e. The first-order chi connectivity index (χ1) is 13.9. The third-order valence-corrected chi connectivity index (χ3v) is 5.34. The summed E-state index contributed by atoms with van der Waals surface area (Å²) in [5.74, 6) is -0.148. The highest BCUT2D eigenvalue weighted by Crippen LogP contribution is 2.17. The Hall–Kier alpha value is -2.41. The molecule has 154 valence electrons. The van der Waals surface area contributed by atoms with Gasteiger partial charge in [0.25, 0.3) is 0 Å². The Labute approximate surface area is 176 Å². The number of nitrogens with one attached hydrogen (secondary N) is 2. The molecule has 2 N–H and O–H groups in total. The fraction of sp³-hybridized carbons (Fsp3) is 0.364. The number of hydrogen-bond donors (Lipinski definition) is 2. The number of rotatable bonds is 6. The molecule has 0 bridgehead atoms. The number of hydrogen-bond acceptors (Lipinski definition) is 4. The molecule has 1 heterocycles. The average Bonchev–Trinajstić information content (AvgIpc) is 2.69. The van der Waals surface area contributed by atoms with Gasteiger partial charge in [-0.2, -0.15) is 0 Å². The molecule has 1 aliphatic heterocycles. The van der Waals surface area contributed by atoms with Crippen molar-refractivity contribution in [3.63, 3.8) is 0 Å². The van der Waals surface area contributed by atoms with Gasteiger partial charge in [0.1, 0.15) is 0 Å². The Balaban J connectivity index is 1.47. The molecule has 2 aromatic carbocycles. The summed E-state index contributed by atoms with van der Waals surface area (Å²) < 4.78 is 0. The fourth-order valence-electron chi connectivity index (χ4n) is 3.45. The molecule has 6 nitrogen and oxygen atoms in total. The standard InChI is InChI=1S/C22H27ClN4O2/c1-16(22(29)25-21-8-6-20(7-9-21)24-17(2)28)27-12-10-26(11-13-27)15-18-4-3-5-19(23)14-18/h3-9,14,16H,10-13,15H2,1-2H3,(H,24,28)(H,25,29). The second-order valence-corrected chi connectivity index (χ2v) is 7.80. The quantitative estimate of drug-likeness (QED) is 0.759. The molecular weight excluding hydrogens is 388 g/mol. The van der Waals surface area contributed by atoms with Crippen LogP contribution in [0.4, 0.5) is 11.4 Å². The second kappa shape index (κ2) is 9.87. The molecule has 0 radical (unpaired) electrons. The van der Waals surface area contributed by atoms with E-state index in [0.717, 1.165) is 43.4 Å². The molecule has 0 aromatic heterocycles. The van der Waals surface area contributed by atoms with Crippen molar-refractivity contribution in [2.24, 2.45) is 0 Å². The number of halogens is 1. The van der Waals surface area contributed by atoms with E-state index in [-0.39, 0.29) is 17.9 Å². The second-order valence-electron chi connectivity index (χ2n) is 7.37. The molecule has 3 rings (SSSR count). The molecule has 1 fully saturated rings. The van der Waals surface area contributed by atoms with Gasteiger partial charge in [0.2, 0.25) is 11.8 Å². The summed E-state index contributed by atoms with van der Waals surface area (Å²) in [6, 6.07) is 14.9. The maximum atomic E-state index is 12.6. The molecule has 0 aliphatic carbocycles. The van der Waals surface area contributed by atoms with Crippen LogP contribution in [0.2, 0.25) is 5.02 Å². The lowest BCUT2D eigenvalue weighted by Crippen LogP contribution is -2.52. The van der Waals surface area contributed by atoms with E-state index in [2.05, 4.69) is 26.5 Å². The number of piperazine rings is 1. The number of carbonyl (C=O) groups is 2. The van der Waals surface area contributed by atoms with Crippen molar-refractivity contribution in [3.05, 3.63) is 59.1 Å². The molecule has 2 aromatic rings. The van der Waals surface area contributed by atoms with Gasteiger partial charge in [-0.25, -0.2) is 0 Å². The zero-order valence-corrected chi connectivity index (χ0v) is 17.6.